The summed E-state index contributed by atoms with van der Waals surface area (Å²) >= 11 is 0. The molecule has 0 aromatic carbocycles. The van der Waals surface area contributed by atoms with Gasteiger partial charge in [0.05, 0.1) is 19.6 Å². The van der Waals surface area contributed by atoms with Gasteiger partial charge in [-0.15, -0.1) is 6.42 Å². The zero-order chi connectivity index (χ0) is 12.8. The van der Waals surface area contributed by atoms with E-state index in [-0.39, 0.29) is 31.1 Å². The zero-order valence-corrected chi connectivity index (χ0v) is 9.91. The molecule has 0 unspecified atom stereocenters. The number of aliphatic carboxylic acids is 1. The molecule has 0 aliphatic carbocycles. The smallest absolute Gasteiger partial charge is 0.317 e. The van der Waals surface area contributed by atoms with Crippen LogP contribution in [0.25, 0.3) is 0 Å². The Labute approximate surface area is 95.8 Å². The molecule has 0 atom stereocenters. The molecule has 2 N–H and O–H groups in total. The van der Waals surface area contributed by atoms with Gasteiger partial charge in [-0.05, 0) is 20.8 Å². The lowest BCUT2D eigenvalue weighted by Gasteiger charge is -2.33. The minimum atomic E-state index is -0.959. The molecule has 0 saturated heterocycles. The second-order valence-electron chi connectivity index (χ2n) is 4.40. The first-order valence-corrected chi connectivity index (χ1v) is 4.94. The Hall–Kier alpha value is -1.54. The Morgan fingerprint density at radius 1 is 1.38 bits per heavy atom. The van der Waals surface area contributed by atoms with Gasteiger partial charge in [0, 0.05) is 5.54 Å². The average Bonchev–Trinajstić information content (AvgIpc) is 2.11. The van der Waals surface area contributed by atoms with Crippen molar-refractivity contribution in [2.45, 2.75) is 26.3 Å². The normalized spacial score (nSPS) is 10.9. The summed E-state index contributed by atoms with van der Waals surface area (Å²) < 4.78 is 0. The Kier molecular flexibility index (Phi) is 5.54. The second kappa shape index (κ2) is 6.13. The van der Waals surface area contributed by atoms with Gasteiger partial charge in [0.15, 0.2) is 0 Å². The van der Waals surface area contributed by atoms with Crippen LogP contribution in [0.3, 0.4) is 0 Å². The molecule has 0 aromatic rings. The van der Waals surface area contributed by atoms with E-state index in [2.05, 4.69) is 11.2 Å². The predicted octanol–water partition coefficient (Wildman–Crippen LogP) is -0.0791. The highest BCUT2D eigenvalue weighted by Gasteiger charge is 2.25. The number of hydrogen-bond donors (Lipinski definition) is 2. The van der Waals surface area contributed by atoms with Gasteiger partial charge in [-0.25, -0.2) is 0 Å². The molecule has 0 fully saturated rings. The van der Waals surface area contributed by atoms with Crippen LogP contribution < -0.4 is 5.32 Å². The average molecular weight is 226 g/mol. The highest BCUT2D eigenvalue weighted by atomic mass is 16.4. The third-order valence-electron chi connectivity index (χ3n) is 2.00. The molecule has 16 heavy (non-hydrogen) atoms. The molecule has 0 aliphatic rings. The fourth-order valence-corrected chi connectivity index (χ4v) is 1.07. The predicted molar refractivity (Wildman–Crippen MR) is 60.8 cm³/mol. The van der Waals surface area contributed by atoms with E-state index >= 15 is 0 Å². The van der Waals surface area contributed by atoms with Gasteiger partial charge < -0.3 is 10.4 Å². The summed E-state index contributed by atoms with van der Waals surface area (Å²) in [6.45, 7) is 5.56. The summed E-state index contributed by atoms with van der Waals surface area (Å²) in [5, 5.41) is 11.2. The maximum absolute atomic E-state index is 11.4. The molecule has 1 amide bonds. The van der Waals surface area contributed by atoms with Gasteiger partial charge in [0.25, 0.3) is 0 Å². The van der Waals surface area contributed by atoms with E-state index in [0.717, 1.165) is 0 Å². The van der Waals surface area contributed by atoms with Gasteiger partial charge >= 0.3 is 5.97 Å². The maximum atomic E-state index is 11.4. The van der Waals surface area contributed by atoms with Gasteiger partial charge in [0.2, 0.25) is 5.91 Å². The molecule has 5 heteroatoms. The highest BCUT2D eigenvalue weighted by Crippen LogP contribution is 2.11. The van der Waals surface area contributed by atoms with Crippen LogP contribution in [0, 0.1) is 12.3 Å². The maximum Gasteiger partial charge on any atom is 0.317 e. The Morgan fingerprint density at radius 2 is 1.94 bits per heavy atom. The number of carbonyl (C=O) groups is 2. The number of rotatable bonds is 5. The zero-order valence-electron chi connectivity index (χ0n) is 9.91. The largest absolute Gasteiger partial charge is 0.480 e. The molecule has 0 aromatic heterocycles. The van der Waals surface area contributed by atoms with Crippen LogP contribution in [0.5, 0.6) is 0 Å². The Balaban J connectivity index is 4.39. The number of amides is 1. The van der Waals surface area contributed by atoms with Crippen molar-refractivity contribution in [3.05, 3.63) is 0 Å². The first-order chi connectivity index (χ1) is 7.27. The standard InChI is InChI=1S/C11H18N2O3/c1-5-6-12-9(14)7-13(8-10(15)16)11(2,3)4/h1H,6-8H2,2-4H3,(H,12,14)(H,15,16). The molecule has 0 aliphatic heterocycles. The summed E-state index contributed by atoms with van der Waals surface area (Å²) in [5.41, 5.74) is -0.383. The van der Waals surface area contributed by atoms with Crippen molar-refractivity contribution in [1.82, 2.24) is 10.2 Å². The Morgan fingerprint density at radius 3 is 2.31 bits per heavy atom. The lowest BCUT2D eigenvalue weighted by molar-refractivity contribution is -0.140. The molecule has 0 spiro atoms. The van der Waals surface area contributed by atoms with Crippen molar-refractivity contribution in [2.24, 2.45) is 0 Å². The molecular weight excluding hydrogens is 208 g/mol. The van der Waals surface area contributed by atoms with Crippen molar-refractivity contribution in [3.63, 3.8) is 0 Å². The van der Waals surface area contributed by atoms with Crippen LogP contribution in [0.2, 0.25) is 0 Å². The van der Waals surface area contributed by atoms with Crippen LogP contribution in [-0.2, 0) is 9.59 Å². The van der Waals surface area contributed by atoms with Crippen LogP contribution >= 0.6 is 0 Å². The molecule has 0 heterocycles. The Bertz CT molecular complexity index is 299. The molecule has 0 radical (unpaired) electrons. The highest BCUT2D eigenvalue weighted by molar-refractivity contribution is 5.79. The quantitative estimate of drug-likeness (QED) is 0.643. The molecule has 5 nitrogen and oxygen atoms in total. The van der Waals surface area contributed by atoms with E-state index in [0.29, 0.717) is 0 Å². The molecule has 0 saturated carbocycles. The lowest BCUT2D eigenvalue weighted by atomic mass is 10.1. The van der Waals surface area contributed by atoms with Crippen molar-refractivity contribution in [2.75, 3.05) is 19.6 Å². The van der Waals surface area contributed by atoms with E-state index in [1.807, 2.05) is 20.8 Å². The van der Waals surface area contributed by atoms with Crippen LogP contribution in [0.15, 0.2) is 0 Å². The summed E-state index contributed by atoms with van der Waals surface area (Å²) in [4.78, 5) is 23.6. The molecule has 0 bridgehead atoms. The van der Waals surface area contributed by atoms with Gasteiger partial charge in [0.1, 0.15) is 0 Å². The molecule has 90 valence electrons. The number of carboxylic acid groups (broad SMARTS) is 1. The number of terminal acetylenes is 1. The number of carboxylic acids is 1. The van der Waals surface area contributed by atoms with Crippen LogP contribution in [-0.4, -0.2) is 47.1 Å². The molecule has 0 rings (SSSR count). The third-order valence-corrected chi connectivity index (χ3v) is 2.00. The van der Waals surface area contributed by atoms with Crippen molar-refractivity contribution in [3.8, 4) is 12.3 Å². The van der Waals surface area contributed by atoms with E-state index in [4.69, 9.17) is 11.5 Å². The fourth-order valence-electron chi connectivity index (χ4n) is 1.07. The number of hydrogen-bond acceptors (Lipinski definition) is 3. The number of nitrogens with zero attached hydrogens (tertiary/aromatic N) is 1. The summed E-state index contributed by atoms with van der Waals surface area (Å²) in [7, 11) is 0. The fraction of sp³-hybridized carbons (Fsp3) is 0.636. The van der Waals surface area contributed by atoms with Gasteiger partial charge in [-0.3, -0.25) is 14.5 Å². The second-order valence-corrected chi connectivity index (χ2v) is 4.40. The van der Waals surface area contributed by atoms with E-state index in [1.54, 1.807) is 4.90 Å². The first kappa shape index (κ1) is 14.5. The minimum Gasteiger partial charge on any atom is -0.480 e. The number of carbonyl (C=O) groups excluding carboxylic acids is 1. The van der Waals surface area contributed by atoms with E-state index in [1.165, 1.54) is 0 Å². The molecular formula is C11H18N2O3. The van der Waals surface area contributed by atoms with Crippen LogP contribution in [0.4, 0.5) is 0 Å². The van der Waals surface area contributed by atoms with Crippen molar-refractivity contribution < 1.29 is 14.7 Å². The van der Waals surface area contributed by atoms with Gasteiger partial charge in [-0.1, -0.05) is 5.92 Å². The lowest BCUT2D eigenvalue weighted by Crippen LogP contribution is -2.49. The van der Waals surface area contributed by atoms with Crippen molar-refractivity contribution in [1.29, 1.82) is 0 Å². The van der Waals surface area contributed by atoms with E-state index in [9.17, 15) is 9.59 Å². The topological polar surface area (TPSA) is 69.6 Å². The SMILES string of the molecule is C#CCNC(=O)CN(CC(=O)O)C(C)(C)C. The summed E-state index contributed by atoms with van der Waals surface area (Å²) in [5.74, 6) is 1.06. The summed E-state index contributed by atoms with van der Waals surface area (Å²) in [6, 6.07) is 0. The first-order valence-electron chi connectivity index (χ1n) is 4.94. The van der Waals surface area contributed by atoms with Gasteiger partial charge in [-0.2, -0.15) is 0 Å². The summed E-state index contributed by atoms with van der Waals surface area (Å²) in [6.07, 6.45) is 5.00. The number of nitrogens with one attached hydrogen (secondary N) is 1. The van der Waals surface area contributed by atoms with E-state index < -0.39 is 5.97 Å². The third kappa shape index (κ3) is 6.04. The monoisotopic (exact) mass is 226 g/mol. The van der Waals surface area contributed by atoms with Crippen molar-refractivity contribution >= 4 is 11.9 Å². The minimum absolute atomic E-state index is 0.0253. The van der Waals surface area contributed by atoms with Crippen LogP contribution in [0.1, 0.15) is 20.8 Å².